The van der Waals surface area contributed by atoms with Gasteiger partial charge in [-0.05, 0) is 30.7 Å². The molecule has 7 heteroatoms. The SMILES string of the molecule is CN=C(NCc1nccn1Cc1ccccc1)NC1CCN(CC2CCOC2)CC1. The van der Waals surface area contributed by atoms with Crippen LogP contribution in [-0.4, -0.2) is 66.3 Å². The molecule has 0 spiro atoms. The van der Waals surface area contributed by atoms with E-state index in [1.165, 1.54) is 18.5 Å². The number of nitrogens with one attached hydrogen (secondary N) is 2. The molecule has 0 amide bonds. The van der Waals surface area contributed by atoms with Crippen LogP contribution in [0.3, 0.4) is 0 Å². The Morgan fingerprint density at radius 1 is 1.20 bits per heavy atom. The standard InChI is InChI=1S/C23H34N6O/c1-24-23(27-21-7-11-28(12-8-21)16-20-9-14-30-18-20)26-15-22-25-10-13-29(22)17-19-5-3-2-4-6-19/h2-6,10,13,20-21H,7-9,11-12,14-18H2,1H3,(H2,24,26,27). The first-order chi connectivity index (χ1) is 14.8. The number of benzene rings is 1. The second kappa shape index (κ2) is 10.6. The van der Waals surface area contributed by atoms with E-state index < -0.39 is 0 Å². The first kappa shape index (κ1) is 20.9. The monoisotopic (exact) mass is 410 g/mol. The van der Waals surface area contributed by atoms with Crippen LogP contribution in [0.4, 0.5) is 0 Å². The molecule has 1 atom stereocenters. The summed E-state index contributed by atoms with van der Waals surface area (Å²) in [5.41, 5.74) is 1.27. The van der Waals surface area contributed by atoms with Gasteiger partial charge in [-0.1, -0.05) is 30.3 Å². The summed E-state index contributed by atoms with van der Waals surface area (Å²) in [5.74, 6) is 2.59. The molecule has 7 nitrogen and oxygen atoms in total. The molecule has 0 saturated carbocycles. The molecule has 3 heterocycles. The smallest absolute Gasteiger partial charge is 0.191 e. The lowest BCUT2D eigenvalue weighted by molar-refractivity contribution is 0.150. The molecular weight excluding hydrogens is 376 g/mol. The van der Waals surface area contributed by atoms with E-state index in [-0.39, 0.29) is 0 Å². The summed E-state index contributed by atoms with van der Waals surface area (Å²) in [4.78, 5) is 11.5. The Bertz CT molecular complexity index is 791. The van der Waals surface area contributed by atoms with E-state index in [1.54, 1.807) is 0 Å². The predicted molar refractivity (Wildman–Crippen MR) is 119 cm³/mol. The summed E-state index contributed by atoms with van der Waals surface area (Å²) < 4.78 is 7.70. The average Bonchev–Trinajstić information content (AvgIpc) is 3.45. The Labute approximate surface area is 179 Å². The molecule has 1 aromatic heterocycles. The highest BCUT2D eigenvalue weighted by atomic mass is 16.5. The Balaban J connectivity index is 1.22. The molecule has 0 aliphatic carbocycles. The predicted octanol–water partition coefficient (Wildman–Crippen LogP) is 2.10. The molecule has 0 radical (unpaired) electrons. The van der Waals surface area contributed by atoms with Crippen LogP contribution in [-0.2, 0) is 17.8 Å². The van der Waals surface area contributed by atoms with Gasteiger partial charge in [0.25, 0.3) is 0 Å². The van der Waals surface area contributed by atoms with Crippen LogP contribution >= 0.6 is 0 Å². The van der Waals surface area contributed by atoms with Gasteiger partial charge in [-0.15, -0.1) is 0 Å². The van der Waals surface area contributed by atoms with Crippen molar-refractivity contribution in [2.75, 3.05) is 39.9 Å². The van der Waals surface area contributed by atoms with Crippen molar-refractivity contribution >= 4 is 5.96 Å². The molecule has 30 heavy (non-hydrogen) atoms. The quantitative estimate of drug-likeness (QED) is 0.541. The highest BCUT2D eigenvalue weighted by molar-refractivity contribution is 5.79. The number of aliphatic imine (C=N–C) groups is 1. The van der Waals surface area contributed by atoms with Crippen LogP contribution in [0.1, 0.15) is 30.7 Å². The lowest BCUT2D eigenvalue weighted by Gasteiger charge is -2.34. The van der Waals surface area contributed by atoms with Crippen molar-refractivity contribution in [1.82, 2.24) is 25.1 Å². The van der Waals surface area contributed by atoms with Gasteiger partial charge in [0.15, 0.2) is 5.96 Å². The maximum absolute atomic E-state index is 5.52. The maximum atomic E-state index is 5.52. The number of rotatable bonds is 7. The van der Waals surface area contributed by atoms with Crippen molar-refractivity contribution in [3.05, 3.63) is 54.1 Å². The Morgan fingerprint density at radius 3 is 2.77 bits per heavy atom. The van der Waals surface area contributed by atoms with Crippen molar-refractivity contribution in [3.63, 3.8) is 0 Å². The van der Waals surface area contributed by atoms with E-state index in [0.717, 1.165) is 63.4 Å². The van der Waals surface area contributed by atoms with E-state index in [2.05, 4.69) is 54.3 Å². The fourth-order valence-electron chi connectivity index (χ4n) is 4.33. The fraction of sp³-hybridized carbons (Fsp3) is 0.565. The van der Waals surface area contributed by atoms with Crippen molar-refractivity contribution in [1.29, 1.82) is 0 Å². The summed E-state index contributed by atoms with van der Waals surface area (Å²) >= 11 is 0. The van der Waals surface area contributed by atoms with Gasteiger partial charge in [-0.3, -0.25) is 4.99 Å². The van der Waals surface area contributed by atoms with E-state index in [1.807, 2.05) is 25.5 Å². The topological polar surface area (TPSA) is 66.7 Å². The number of hydrogen-bond acceptors (Lipinski definition) is 4. The maximum Gasteiger partial charge on any atom is 0.191 e. The summed E-state index contributed by atoms with van der Waals surface area (Å²) in [6.07, 6.45) is 7.41. The van der Waals surface area contributed by atoms with Crippen LogP contribution in [0.5, 0.6) is 0 Å². The van der Waals surface area contributed by atoms with Gasteiger partial charge in [0.05, 0.1) is 13.2 Å². The van der Waals surface area contributed by atoms with Crippen LogP contribution in [0.25, 0.3) is 0 Å². The van der Waals surface area contributed by atoms with E-state index in [9.17, 15) is 0 Å². The van der Waals surface area contributed by atoms with Crippen LogP contribution in [0.15, 0.2) is 47.7 Å². The highest BCUT2D eigenvalue weighted by Gasteiger charge is 2.24. The van der Waals surface area contributed by atoms with Crippen molar-refractivity contribution in [2.45, 2.75) is 38.4 Å². The van der Waals surface area contributed by atoms with Crippen molar-refractivity contribution in [3.8, 4) is 0 Å². The zero-order chi connectivity index (χ0) is 20.6. The largest absolute Gasteiger partial charge is 0.381 e. The number of aromatic nitrogens is 2. The minimum atomic E-state index is 0.469. The highest BCUT2D eigenvalue weighted by Crippen LogP contribution is 2.17. The first-order valence-corrected chi connectivity index (χ1v) is 11.1. The van der Waals surface area contributed by atoms with Crippen LogP contribution < -0.4 is 10.6 Å². The number of likely N-dealkylation sites (tertiary alicyclic amines) is 1. The third-order valence-electron chi connectivity index (χ3n) is 6.10. The number of nitrogens with zero attached hydrogens (tertiary/aromatic N) is 4. The van der Waals surface area contributed by atoms with Gasteiger partial charge < -0.3 is 24.8 Å². The number of imidazole rings is 1. The Morgan fingerprint density at radius 2 is 2.03 bits per heavy atom. The number of hydrogen-bond donors (Lipinski definition) is 2. The van der Waals surface area contributed by atoms with Gasteiger partial charge >= 0.3 is 0 Å². The van der Waals surface area contributed by atoms with E-state index >= 15 is 0 Å². The molecule has 2 fully saturated rings. The average molecular weight is 411 g/mol. The lowest BCUT2D eigenvalue weighted by Crippen LogP contribution is -2.49. The van der Waals surface area contributed by atoms with Crippen LogP contribution in [0, 0.1) is 5.92 Å². The van der Waals surface area contributed by atoms with Gasteiger partial charge in [0.2, 0.25) is 0 Å². The lowest BCUT2D eigenvalue weighted by atomic mass is 10.0. The van der Waals surface area contributed by atoms with Crippen LogP contribution in [0.2, 0.25) is 0 Å². The molecule has 162 valence electrons. The summed E-state index contributed by atoms with van der Waals surface area (Å²) in [7, 11) is 1.83. The summed E-state index contributed by atoms with van der Waals surface area (Å²) in [5, 5.41) is 7.04. The molecule has 1 aromatic carbocycles. The molecular formula is C23H34N6O. The summed E-state index contributed by atoms with van der Waals surface area (Å²) in [6, 6.07) is 10.9. The molecule has 2 N–H and O–H groups in total. The molecule has 0 bridgehead atoms. The molecule has 2 aromatic rings. The fourth-order valence-corrected chi connectivity index (χ4v) is 4.33. The van der Waals surface area contributed by atoms with Gasteiger partial charge in [0.1, 0.15) is 5.82 Å². The second-order valence-corrected chi connectivity index (χ2v) is 8.33. The minimum absolute atomic E-state index is 0.469. The molecule has 1 unspecified atom stereocenters. The minimum Gasteiger partial charge on any atom is -0.381 e. The molecule has 2 aliphatic rings. The molecule has 2 saturated heterocycles. The third kappa shape index (κ3) is 5.83. The zero-order valence-corrected chi connectivity index (χ0v) is 18.0. The van der Waals surface area contributed by atoms with E-state index in [0.29, 0.717) is 12.6 Å². The van der Waals surface area contributed by atoms with Gasteiger partial charge in [-0.2, -0.15) is 0 Å². The number of ether oxygens (including phenoxy) is 1. The normalized spacial score (nSPS) is 21.1. The second-order valence-electron chi connectivity index (χ2n) is 8.33. The van der Waals surface area contributed by atoms with E-state index in [4.69, 9.17) is 4.74 Å². The Kier molecular flexibility index (Phi) is 7.37. The number of piperidine rings is 1. The van der Waals surface area contributed by atoms with Crippen molar-refractivity contribution < 1.29 is 4.74 Å². The molecule has 2 aliphatic heterocycles. The zero-order valence-electron chi connectivity index (χ0n) is 18.0. The van der Waals surface area contributed by atoms with Gasteiger partial charge in [0, 0.05) is 58.3 Å². The van der Waals surface area contributed by atoms with Gasteiger partial charge in [-0.25, -0.2) is 4.98 Å². The molecule has 4 rings (SSSR count). The first-order valence-electron chi connectivity index (χ1n) is 11.1. The number of guanidine groups is 1. The van der Waals surface area contributed by atoms with Crippen molar-refractivity contribution in [2.24, 2.45) is 10.9 Å². The summed E-state index contributed by atoms with van der Waals surface area (Å²) in [6.45, 7) is 6.83. The third-order valence-corrected chi connectivity index (χ3v) is 6.10. The Hall–Kier alpha value is -2.38.